The SMILES string of the molecule is CC(=O)c1cccc(S(=O)(=O)NCC(O)(c2ccsc2)c2cccs2)c1. The van der Waals surface area contributed by atoms with Crippen LogP contribution in [-0.4, -0.2) is 25.9 Å². The van der Waals surface area contributed by atoms with Gasteiger partial charge in [0.1, 0.15) is 5.60 Å². The number of thiophene rings is 2. The van der Waals surface area contributed by atoms with Crippen LogP contribution in [0.3, 0.4) is 0 Å². The maximum atomic E-state index is 12.7. The maximum Gasteiger partial charge on any atom is 0.240 e. The predicted octanol–water partition coefficient (Wildman–Crippen LogP) is 3.23. The average Bonchev–Trinajstić information content (AvgIpc) is 3.33. The summed E-state index contributed by atoms with van der Waals surface area (Å²) in [5.41, 5.74) is -0.510. The summed E-state index contributed by atoms with van der Waals surface area (Å²) < 4.78 is 27.8. The Kier molecular flexibility index (Phi) is 5.40. The van der Waals surface area contributed by atoms with Crippen molar-refractivity contribution in [2.45, 2.75) is 17.4 Å². The minimum absolute atomic E-state index is 0.0101. The third-order valence-electron chi connectivity index (χ3n) is 4.00. The molecule has 3 rings (SSSR count). The van der Waals surface area contributed by atoms with E-state index in [4.69, 9.17) is 0 Å². The number of carbonyl (C=O) groups excluding carboxylic acids is 1. The molecule has 0 spiro atoms. The van der Waals surface area contributed by atoms with Crippen molar-refractivity contribution in [3.8, 4) is 0 Å². The standard InChI is InChI=1S/C18H17NO4S3/c1-13(20)14-4-2-5-16(10-14)26(22,23)19-12-18(21,15-7-9-24-11-15)17-6-3-8-25-17/h2-11,19,21H,12H2,1H3. The molecule has 2 N–H and O–H groups in total. The molecule has 0 aliphatic heterocycles. The van der Waals surface area contributed by atoms with Crippen LogP contribution in [0.5, 0.6) is 0 Å². The molecule has 1 aromatic carbocycles. The highest BCUT2D eigenvalue weighted by Gasteiger charge is 2.34. The second-order valence-electron chi connectivity index (χ2n) is 5.76. The Morgan fingerprint density at radius 2 is 2.00 bits per heavy atom. The molecule has 1 atom stereocenters. The Bertz CT molecular complexity index is 959. The molecular weight excluding hydrogens is 390 g/mol. The molecule has 2 aromatic heterocycles. The summed E-state index contributed by atoms with van der Waals surface area (Å²) in [6.07, 6.45) is 0. The molecule has 0 aliphatic carbocycles. The van der Waals surface area contributed by atoms with Gasteiger partial charge in [-0.2, -0.15) is 11.3 Å². The van der Waals surface area contributed by atoms with Crippen LogP contribution in [0.2, 0.25) is 0 Å². The highest BCUT2D eigenvalue weighted by atomic mass is 32.2. The molecule has 0 saturated heterocycles. The molecule has 3 aromatic rings. The van der Waals surface area contributed by atoms with Crippen molar-refractivity contribution in [2.75, 3.05) is 6.54 Å². The molecule has 1 unspecified atom stereocenters. The van der Waals surface area contributed by atoms with E-state index in [2.05, 4.69) is 4.72 Å². The molecule has 136 valence electrons. The number of benzene rings is 1. The lowest BCUT2D eigenvalue weighted by Crippen LogP contribution is -2.40. The number of rotatable bonds is 7. The first-order valence-corrected chi connectivity index (χ1v) is 11.0. The largest absolute Gasteiger partial charge is 0.378 e. The van der Waals surface area contributed by atoms with E-state index in [1.165, 1.54) is 47.8 Å². The van der Waals surface area contributed by atoms with Gasteiger partial charge < -0.3 is 5.11 Å². The van der Waals surface area contributed by atoms with Gasteiger partial charge in [0, 0.05) is 22.5 Å². The molecule has 26 heavy (non-hydrogen) atoms. The van der Waals surface area contributed by atoms with E-state index in [0.717, 1.165) is 0 Å². The van der Waals surface area contributed by atoms with Crippen LogP contribution in [-0.2, 0) is 15.6 Å². The molecule has 0 amide bonds. The number of nitrogens with one attached hydrogen (secondary N) is 1. The van der Waals surface area contributed by atoms with Gasteiger partial charge in [-0.25, -0.2) is 13.1 Å². The normalized spacial score (nSPS) is 14.1. The van der Waals surface area contributed by atoms with Crippen molar-refractivity contribution in [3.63, 3.8) is 0 Å². The molecule has 5 nitrogen and oxygen atoms in total. The molecule has 2 heterocycles. The number of aliphatic hydroxyl groups is 1. The van der Waals surface area contributed by atoms with Crippen LogP contribution in [0.25, 0.3) is 0 Å². The van der Waals surface area contributed by atoms with Gasteiger partial charge in [0.25, 0.3) is 0 Å². The fourth-order valence-corrected chi connectivity index (χ4v) is 5.19. The summed E-state index contributed by atoms with van der Waals surface area (Å²) in [6, 6.07) is 11.2. The lowest BCUT2D eigenvalue weighted by molar-refractivity contribution is 0.0903. The van der Waals surface area contributed by atoms with E-state index in [-0.39, 0.29) is 17.2 Å². The minimum atomic E-state index is -3.89. The summed E-state index contributed by atoms with van der Waals surface area (Å²) in [5.74, 6) is -0.213. The summed E-state index contributed by atoms with van der Waals surface area (Å²) in [6.45, 7) is 1.17. The van der Waals surface area contributed by atoms with Gasteiger partial charge in [0.2, 0.25) is 10.0 Å². The van der Waals surface area contributed by atoms with Gasteiger partial charge >= 0.3 is 0 Å². The van der Waals surface area contributed by atoms with E-state index in [1.54, 1.807) is 23.6 Å². The van der Waals surface area contributed by atoms with Crippen molar-refractivity contribution < 1.29 is 18.3 Å². The van der Waals surface area contributed by atoms with E-state index >= 15 is 0 Å². The van der Waals surface area contributed by atoms with Crippen LogP contribution < -0.4 is 4.72 Å². The number of Topliss-reactive ketones (excluding diaryl/α,β-unsaturated/α-hetero) is 1. The van der Waals surface area contributed by atoms with Gasteiger partial charge in [0.15, 0.2) is 5.78 Å². The predicted molar refractivity (Wildman–Crippen MR) is 103 cm³/mol. The Balaban J connectivity index is 1.90. The zero-order valence-electron chi connectivity index (χ0n) is 13.9. The van der Waals surface area contributed by atoms with Crippen LogP contribution in [0, 0.1) is 0 Å². The second kappa shape index (κ2) is 7.42. The maximum absolute atomic E-state index is 12.7. The first kappa shape index (κ1) is 18.9. The lowest BCUT2D eigenvalue weighted by Gasteiger charge is -2.27. The quantitative estimate of drug-likeness (QED) is 0.589. The number of hydrogen-bond donors (Lipinski definition) is 2. The first-order valence-electron chi connectivity index (χ1n) is 7.73. The Hall–Kier alpha value is -1.84. The van der Waals surface area contributed by atoms with Crippen molar-refractivity contribution in [1.82, 2.24) is 4.72 Å². The van der Waals surface area contributed by atoms with Crippen molar-refractivity contribution in [1.29, 1.82) is 0 Å². The van der Waals surface area contributed by atoms with Gasteiger partial charge in [-0.3, -0.25) is 4.79 Å². The van der Waals surface area contributed by atoms with Gasteiger partial charge in [0.05, 0.1) is 4.90 Å². The highest BCUT2D eigenvalue weighted by molar-refractivity contribution is 7.89. The first-order chi connectivity index (χ1) is 12.3. The number of ketones is 1. The minimum Gasteiger partial charge on any atom is -0.378 e. The zero-order valence-corrected chi connectivity index (χ0v) is 16.3. The van der Waals surface area contributed by atoms with Crippen LogP contribution >= 0.6 is 22.7 Å². The Morgan fingerprint density at radius 1 is 1.19 bits per heavy atom. The van der Waals surface area contributed by atoms with Crippen molar-refractivity contribution in [2.24, 2.45) is 0 Å². The van der Waals surface area contributed by atoms with Crippen LogP contribution in [0.15, 0.2) is 63.5 Å². The van der Waals surface area contributed by atoms with Crippen LogP contribution in [0.1, 0.15) is 27.7 Å². The van der Waals surface area contributed by atoms with E-state index < -0.39 is 15.6 Å². The summed E-state index contributed by atoms with van der Waals surface area (Å²) in [4.78, 5) is 12.1. The Morgan fingerprint density at radius 3 is 2.62 bits per heavy atom. The van der Waals surface area contributed by atoms with Gasteiger partial charge in [-0.1, -0.05) is 18.2 Å². The molecule has 0 aliphatic rings. The number of hydrogen-bond acceptors (Lipinski definition) is 6. The average molecular weight is 408 g/mol. The van der Waals surface area contributed by atoms with Gasteiger partial charge in [-0.05, 0) is 47.3 Å². The molecule has 8 heteroatoms. The molecular formula is C18H17NO4S3. The topological polar surface area (TPSA) is 83.5 Å². The highest BCUT2D eigenvalue weighted by Crippen LogP contribution is 2.34. The molecule has 0 fully saturated rings. The lowest BCUT2D eigenvalue weighted by atomic mass is 9.95. The Labute approximate surface area is 160 Å². The summed E-state index contributed by atoms with van der Waals surface area (Å²) >= 11 is 2.78. The van der Waals surface area contributed by atoms with E-state index in [9.17, 15) is 18.3 Å². The second-order valence-corrected chi connectivity index (χ2v) is 9.25. The number of sulfonamides is 1. The molecule has 0 radical (unpaired) electrons. The van der Waals surface area contributed by atoms with E-state index in [0.29, 0.717) is 16.0 Å². The fourth-order valence-electron chi connectivity index (χ4n) is 2.51. The van der Waals surface area contributed by atoms with Crippen molar-refractivity contribution in [3.05, 3.63) is 74.6 Å². The molecule has 0 bridgehead atoms. The summed E-state index contributed by atoms with van der Waals surface area (Å²) in [7, 11) is -3.89. The van der Waals surface area contributed by atoms with Crippen LogP contribution in [0.4, 0.5) is 0 Å². The zero-order chi connectivity index (χ0) is 18.8. The van der Waals surface area contributed by atoms with Crippen molar-refractivity contribution >= 4 is 38.5 Å². The number of carbonyl (C=O) groups is 1. The monoisotopic (exact) mass is 407 g/mol. The smallest absolute Gasteiger partial charge is 0.240 e. The third kappa shape index (κ3) is 3.79. The fraction of sp³-hybridized carbons (Fsp3) is 0.167. The van der Waals surface area contributed by atoms with Gasteiger partial charge in [-0.15, -0.1) is 11.3 Å². The third-order valence-corrected chi connectivity index (χ3v) is 7.10. The summed E-state index contributed by atoms with van der Waals surface area (Å²) in [5, 5.41) is 16.7. The van der Waals surface area contributed by atoms with E-state index in [1.807, 2.05) is 16.8 Å². The molecule has 0 saturated carbocycles.